The van der Waals surface area contributed by atoms with Gasteiger partial charge in [-0.25, -0.2) is 4.98 Å². The highest BCUT2D eigenvalue weighted by molar-refractivity contribution is 7.11. The molecule has 0 aromatic carbocycles. The molecule has 1 N–H and O–H groups in total. The number of rotatable bonds is 3. The molecule has 7 heteroatoms. The van der Waals surface area contributed by atoms with E-state index in [1.54, 1.807) is 10.8 Å². The van der Waals surface area contributed by atoms with Crippen LogP contribution >= 0.6 is 11.3 Å². The predicted molar refractivity (Wildman–Crippen MR) is 61.4 cm³/mol. The van der Waals surface area contributed by atoms with E-state index in [1.807, 2.05) is 6.92 Å². The Morgan fingerprint density at radius 2 is 2.22 bits per heavy atom. The molecule has 0 saturated carbocycles. The molecule has 2 aromatic heterocycles. The van der Waals surface area contributed by atoms with Crippen LogP contribution in [0.4, 0.5) is 13.2 Å². The molecule has 0 spiro atoms. The van der Waals surface area contributed by atoms with Gasteiger partial charge in [0.15, 0.2) is 6.10 Å². The summed E-state index contributed by atoms with van der Waals surface area (Å²) in [6, 6.07) is 1.27. The second-order valence-corrected chi connectivity index (χ2v) is 5.23. The molecular weight excluding hydrogens is 265 g/mol. The SMILES string of the molecule is Cc1ncc(Cn2ccc(C(O)C(F)(F)F)c2)s1. The van der Waals surface area contributed by atoms with E-state index in [4.69, 9.17) is 5.11 Å². The van der Waals surface area contributed by atoms with Gasteiger partial charge in [0.05, 0.1) is 11.6 Å². The number of aliphatic hydroxyl groups excluding tert-OH is 1. The topological polar surface area (TPSA) is 38.0 Å². The van der Waals surface area contributed by atoms with Gasteiger partial charge < -0.3 is 9.67 Å². The van der Waals surface area contributed by atoms with Crippen molar-refractivity contribution in [2.75, 3.05) is 0 Å². The van der Waals surface area contributed by atoms with Gasteiger partial charge in [0.25, 0.3) is 0 Å². The molecule has 18 heavy (non-hydrogen) atoms. The summed E-state index contributed by atoms with van der Waals surface area (Å²) in [5, 5.41) is 10.0. The molecule has 0 amide bonds. The van der Waals surface area contributed by atoms with E-state index in [-0.39, 0.29) is 5.56 Å². The molecule has 0 aliphatic rings. The summed E-state index contributed by atoms with van der Waals surface area (Å²) in [5.41, 5.74) is -0.149. The van der Waals surface area contributed by atoms with Gasteiger partial charge in [-0.1, -0.05) is 0 Å². The first-order chi connectivity index (χ1) is 8.36. The fraction of sp³-hybridized carbons (Fsp3) is 0.364. The van der Waals surface area contributed by atoms with Gasteiger partial charge in [-0.05, 0) is 13.0 Å². The predicted octanol–water partition coefficient (Wildman–Crippen LogP) is 2.90. The van der Waals surface area contributed by atoms with E-state index in [9.17, 15) is 13.2 Å². The van der Waals surface area contributed by atoms with Crippen molar-refractivity contribution < 1.29 is 18.3 Å². The van der Waals surface area contributed by atoms with E-state index in [0.717, 1.165) is 9.88 Å². The van der Waals surface area contributed by atoms with E-state index in [2.05, 4.69) is 4.98 Å². The molecule has 2 rings (SSSR count). The fourth-order valence-corrected chi connectivity index (χ4v) is 2.37. The summed E-state index contributed by atoms with van der Waals surface area (Å²) in [6.45, 7) is 2.32. The number of aromatic nitrogens is 2. The van der Waals surface area contributed by atoms with Crippen LogP contribution in [0.3, 0.4) is 0 Å². The van der Waals surface area contributed by atoms with Crippen LogP contribution in [-0.2, 0) is 6.54 Å². The van der Waals surface area contributed by atoms with Crippen LogP contribution in [-0.4, -0.2) is 20.8 Å². The number of hydrogen-bond donors (Lipinski definition) is 1. The van der Waals surface area contributed by atoms with E-state index >= 15 is 0 Å². The molecular formula is C11H11F3N2OS. The first-order valence-corrected chi connectivity index (χ1v) is 5.99. The summed E-state index contributed by atoms with van der Waals surface area (Å²) in [4.78, 5) is 5.02. The first-order valence-electron chi connectivity index (χ1n) is 5.18. The van der Waals surface area contributed by atoms with Crippen LogP contribution in [0.1, 0.15) is 21.6 Å². The van der Waals surface area contributed by atoms with E-state index < -0.39 is 12.3 Å². The third-order valence-electron chi connectivity index (χ3n) is 2.41. The average Bonchev–Trinajstić information content (AvgIpc) is 2.86. The summed E-state index contributed by atoms with van der Waals surface area (Å²) >= 11 is 1.49. The molecule has 0 aliphatic carbocycles. The second kappa shape index (κ2) is 4.74. The van der Waals surface area contributed by atoms with Crippen molar-refractivity contribution in [3.63, 3.8) is 0 Å². The van der Waals surface area contributed by atoms with Gasteiger partial charge in [-0.15, -0.1) is 11.3 Å². The van der Waals surface area contributed by atoms with Gasteiger partial charge in [-0.3, -0.25) is 0 Å². The van der Waals surface area contributed by atoms with Gasteiger partial charge in [0.2, 0.25) is 0 Å². The van der Waals surface area contributed by atoms with Crippen LogP contribution in [0, 0.1) is 6.92 Å². The Morgan fingerprint density at radius 1 is 1.50 bits per heavy atom. The Hall–Kier alpha value is -1.34. The van der Waals surface area contributed by atoms with Gasteiger partial charge in [0, 0.05) is 29.0 Å². The van der Waals surface area contributed by atoms with Gasteiger partial charge in [-0.2, -0.15) is 13.2 Å². The zero-order chi connectivity index (χ0) is 13.3. The standard InChI is InChI=1S/C11H11F3N2OS/c1-7-15-4-9(18-7)6-16-3-2-8(5-16)10(17)11(12,13)14/h2-5,10,17H,6H2,1H3. The summed E-state index contributed by atoms with van der Waals surface area (Å²) < 4.78 is 38.5. The number of alkyl halides is 3. The van der Waals surface area contributed by atoms with Crippen molar-refractivity contribution >= 4 is 11.3 Å². The van der Waals surface area contributed by atoms with Crippen molar-refractivity contribution in [3.8, 4) is 0 Å². The maximum absolute atomic E-state index is 12.3. The molecule has 98 valence electrons. The molecule has 0 aliphatic heterocycles. The van der Waals surface area contributed by atoms with Crippen molar-refractivity contribution in [2.24, 2.45) is 0 Å². The lowest BCUT2D eigenvalue weighted by Crippen LogP contribution is -2.19. The number of nitrogens with zero attached hydrogens (tertiary/aromatic N) is 2. The lowest BCUT2D eigenvalue weighted by atomic mass is 10.2. The van der Waals surface area contributed by atoms with Gasteiger partial charge in [0.1, 0.15) is 0 Å². The van der Waals surface area contributed by atoms with Crippen LogP contribution in [0.15, 0.2) is 24.7 Å². The van der Waals surface area contributed by atoms with Crippen LogP contribution in [0.2, 0.25) is 0 Å². The number of thiazole rings is 1. The Kier molecular flexibility index (Phi) is 3.45. The third-order valence-corrected chi connectivity index (χ3v) is 3.30. The Bertz CT molecular complexity index is 532. The Morgan fingerprint density at radius 3 is 2.78 bits per heavy atom. The Balaban J connectivity index is 2.11. The fourth-order valence-electron chi connectivity index (χ4n) is 1.57. The van der Waals surface area contributed by atoms with E-state index in [0.29, 0.717) is 6.54 Å². The normalized spacial score (nSPS) is 13.8. The quantitative estimate of drug-likeness (QED) is 0.936. The number of halogens is 3. The largest absolute Gasteiger partial charge is 0.418 e. The van der Waals surface area contributed by atoms with Crippen LogP contribution in [0.5, 0.6) is 0 Å². The Labute approximate surface area is 106 Å². The summed E-state index contributed by atoms with van der Waals surface area (Å²) in [5.74, 6) is 0. The molecule has 2 aromatic rings. The summed E-state index contributed by atoms with van der Waals surface area (Å²) in [6.07, 6.45) is -2.55. The average molecular weight is 276 g/mol. The first kappa shape index (κ1) is 13.1. The molecule has 2 heterocycles. The second-order valence-electron chi connectivity index (χ2n) is 3.91. The minimum absolute atomic E-state index is 0.149. The minimum atomic E-state index is -4.63. The zero-order valence-electron chi connectivity index (χ0n) is 9.48. The molecule has 1 atom stereocenters. The highest BCUT2D eigenvalue weighted by Gasteiger charge is 2.39. The molecule has 0 fully saturated rings. The zero-order valence-corrected chi connectivity index (χ0v) is 10.3. The van der Waals surface area contributed by atoms with Crippen molar-refractivity contribution in [3.05, 3.63) is 40.1 Å². The van der Waals surface area contributed by atoms with Gasteiger partial charge >= 0.3 is 6.18 Å². The molecule has 0 radical (unpaired) electrons. The highest BCUT2D eigenvalue weighted by Crippen LogP contribution is 2.32. The molecule has 0 bridgehead atoms. The van der Waals surface area contributed by atoms with E-state index in [1.165, 1.54) is 29.8 Å². The molecule has 3 nitrogen and oxygen atoms in total. The summed E-state index contributed by atoms with van der Waals surface area (Å²) in [7, 11) is 0. The highest BCUT2D eigenvalue weighted by atomic mass is 32.1. The monoisotopic (exact) mass is 276 g/mol. The number of aliphatic hydroxyl groups is 1. The van der Waals surface area contributed by atoms with Crippen molar-refractivity contribution in [1.29, 1.82) is 0 Å². The van der Waals surface area contributed by atoms with Crippen LogP contribution in [0.25, 0.3) is 0 Å². The number of hydrogen-bond acceptors (Lipinski definition) is 3. The number of aryl methyl sites for hydroxylation is 1. The molecule has 0 saturated heterocycles. The lowest BCUT2D eigenvalue weighted by molar-refractivity contribution is -0.206. The maximum Gasteiger partial charge on any atom is 0.418 e. The maximum atomic E-state index is 12.3. The smallest absolute Gasteiger partial charge is 0.379 e. The van der Waals surface area contributed by atoms with Crippen molar-refractivity contribution in [2.45, 2.75) is 25.7 Å². The minimum Gasteiger partial charge on any atom is -0.379 e. The van der Waals surface area contributed by atoms with Crippen LogP contribution < -0.4 is 0 Å². The third kappa shape index (κ3) is 2.91. The molecule has 1 unspecified atom stereocenters. The van der Waals surface area contributed by atoms with Crippen molar-refractivity contribution in [1.82, 2.24) is 9.55 Å². The lowest BCUT2D eigenvalue weighted by Gasteiger charge is -2.12.